The molecule has 0 aliphatic heterocycles. The van der Waals surface area contributed by atoms with Gasteiger partial charge in [-0.3, -0.25) is 0 Å². The molecule has 2 rings (SSSR count). The molecular weight excluding hydrogens is 336 g/mol. The summed E-state index contributed by atoms with van der Waals surface area (Å²) in [7, 11) is 0. The smallest absolute Gasteiger partial charge is 0.0279 e. The lowest BCUT2D eigenvalue weighted by Gasteiger charge is -2.03. The molecule has 0 saturated carbocycles. The van der Waals surface area contributed by atoms with Gasteiger partial charge in [0.25, 0.3) is 0 Å². The van der Waals surface area contributed by atoms with E-state index in [1.54, 1.807) is 0 Å². The molecule has 0 atom stereocenters. The second-order valence-electron chi connectivity index (χ2n) is 7.99. The van der Waals surface area contributed by atoms with E-state index in [9.17, 15) is 0 Å². The van der Waals surface area contributed by atoms with Crippen LogP contribution in [0.1, 0.15) is 102 Å². The van der Waals surface area contributed by atoms with Gasteiger partial charge in [0, 0.05) is 0 Å². The SMILES string of the molecule is CCCCCCCCCCCCCCCCc1ccccc1.c1ccccc1. The minimum absolute atomic E-state index is 1.26. The molecule has 2 aromatic rings. The first-order valence-corrected chi connectivity index (χ1v) is 12.0. The predicted octanol–water partition coefficient (Wildman–Crippen LogP) is 9.40. The van der Waals surface area contributed by atoms with Crippen LogP contribution in [-0.4, -0.2) is 0 Å². The maximum atomic E-state index is 2.29. The maximum absolute atomic E-state index is 2.29. The normalized spacial score (nSPS) is 10.3. The van der Waals surface area contributed by atoms with E-state index in [0.717, 1.165) is 0 Å². The molecule has 0 spiro atoms. The van der Waals surface area contributed by atoms with Gasteiger partial charge in [0.2, 0.25) is 0 Å². The molecule has 2 aromatic carbocycles. The van der Waals surface area contributed by atoms with Crippen LogP contribution in [0.25, 0.3) is 0 Å². The Bertz CT molecular complexity index is 475. The van der Waals surface area contributed by atoms with Gasteiger partial charge in [-0.25, -0.2) is 0 Å². The molecule has 0 aliphatic carbocycles. The number of rotatable bonds is 15. The second kappa shape index (κ2) is 20.2. The summed E-state index contributed by atoms with van der Waals surface area (Å²) in [6.45, 7) is 2.29. The van der Waals surface area contributed by atoms with E-state index < -0.39 is 0 Å². The molecule has 0 bridgehead atoms. The number of aryl methyl sites for hydroxylation is 1. The molecule has 0 unspecified atom stereocenters. The lowest BCUT2D eigenvalue weighted by Crippen LogP contribution is -1.86. The minimum Gasteiger partial charge on any atom is -0.0654 e. The Labute approximate surface area is 175 Å². The number of unbranched alkanes of at least 4 members (excludes halogenated alkanes) is 13. The number of hydrogen-bond acceptors (Lipinski definition) is 0. The maximum Gasteiger partial charge on any atom is -0.0279 e. The first kappa shape index (κ1) is 24.5. The van der Waals surface area contributed by atoms with Crippen LogP contribution in [0.2, 0.25) is 0 Å². The summed E-state index contributed by atoms with van der Waals surface area (Å²) >= 11 is 0. The fourth-order valence-corrected chi connectivity index (χ4v) is 3.55. The molecule has 0 heteroatoms. The molecule has 0 aliphatic rings. The Hall–Kier alpha value is -1.56. The highest BCUT2D eigenvalue weighted by Gasteiger charge is 1.95. The molecule has 0 nitrogen and oxygen atoms in total. The average molecular weight is 381 g/mol. The summed E-state index contributed by atoms with van der Waals surface area (Å²) in [5.41, 5.74) is 1.50. The molecule has 0 amide bonds. The average Bonchev–Trinajstić information content (AvgIpc) is 2.76. The molecule has 0 fully saturated rings. The van der Waals surface area contributed by atoms with Gasteiger partial charge in [0.05, 0.1) is 0 Å². The van der Waals surface area contributed by atoms with Gasteiger partial charge in [-0.1, -0.05) is 157 Å². The zero-order valence-corrected chi connectivity index (χ0v) is 18.5. The molecule has 0 radical (unpaired) electrons. The van der Waals surface area contributed by atoms with E-state index >= 15 is 0 Å². The Morgan fingerprint density at radius 3 is 1.11 bits per heavy atom. The minimum atomic E-state index is 1.26. The third-order valence-electron chi connectivity index (χ3n) is 5.33. The van der Waals surface area contributed by atoms with Crippen LogP contribution in [0.15, 0.2) is 66.7 Å². The third-order valence-corrected chi connectivity index (χ3v) is 5.33. The van der Waals surface area contributed by atoms with Gasteiger partial charge in [-0.2, -0.15) is 0 Å². The van der Waals surface area contributed by atoms with Crippen molar-refractivity contribution in [2.45, 2.75) is 103 Å². The van der Waals surface area contributed by atoms with Crippen LogP contribution in [-0.2, 0) is 6.42 Å². The zero-order valence-electron chi connectivity index (χ0n) is 18.5. The van der Waals surface area contributed by atoms with E-state index in [4.69, 9.17) is 0 Å². The second-order valence-corrected chi connectivity index (χ2v) is 7.99. The fraction of sp³-hybridized carbons (Fsp3) is 0.571. The highest BCUT2D eigenvalue weighted by atomic mass is 14.0. The van der Waals surface area contributed by atoms with Crippen LogP contribution in [0.3, 0.4) is 0 Å². The topological polar surface area (TPSA) is 0 Å². The Kier molecular flexibility index (Phi) is 17.6. The van der Waals surface area contributed by atoms with Gasteiger partial charge in [0.1, 0.15) is 0 Å². The predicted molar refractivity (Wildman–Crippen MR) is 127 cm³/mol. The highest BCUT2D eigenvalue weighted by molar-refractivity contribution is 5.14. The Morgan fingerprint density at radius 1 is 0.393 bits per heavy atom. The van der Waals surface area contributed by atoms with Crippen LogP contribution in [0, 0.1) is 0 Å². The van der Waals surface area contributed by atoms with E-state index in [1.807, 2.05) is 36.4 Å². The quantitative estimate of drug-likeness (QED) is 0.270. The van der Waals surface area contributed by atoms with Crippen molar-refractivity contribution in [3.8, 4) is 0 Å². The molecular formula is C28H44. The summed E-state index contributed by atoms with van der Waals surface area (Å²) in [5.74, 6) is 0. The summed E-state index contributed by atoms with van der Waals surface area (Å²) in [5, 5.41) is 0. The lowest BCUT2D eigenvalue weighted by molar-refractivity contribution is 0.535. The summed E-state index contributed by atoms with van der Waals surface area (Å²) in [6, 6.07) is 22.9. The van der Waals surface area contributed by atoms with Crippen molar-refractivity contribution in [1.29, 1.82) is 0 Å². The Morgan fingerprint density at radius 2 is 0.714 bits per heavy atom. The third kappa shape index (κ3) is 16.6. The van der Waals surface area contributed by atoms with Gasteiger partial charge in [-0.05, 0) is 18.4 Å². The fourth-order valence-electron chi connectivity index (χ4n) is 3.55. The monoisotopic (exact) mass is 380 g/mol. The van der Waals surface area contributed by atoms with Crippen molar-refractivity contribution in [2.75, 3.05) is 0 Å². The van der Waals surface area contributed by atoms with Gasteiger partial charge < -0.3 is 0 Å². The largest absolute Gasteiger partial charge is 0.0654 e. The molecule has 0 saturated heterocycles. The van der Waals surface area contributed by atoms with E-state index in [-0.39, 0.29) is 0 Å². The Balaban J connectivity index is 0.000000552. The summed E-state index contributed by atoms with van der Waals surface area (Å²) in [6.07, 6.45) is 21.5. The molecule has 0 aromatic heterocycles. The van der Waals surface area contributed by atoms with Crippen LogP contribution < -0.4 is 0 Å². The molecule has 0 heterocycles. The van der Waals surface area contributed by atoms with Gasteiger partial charge >= 0.3 is 0 Å². The molecule has 0 N–H and O–H groups in total. The standard InChI is InChI=1S/C22H38.C6H6/c1-2-3-4-5-6-7-8-9-10-11-12-13-14-16-19-22-20-17-15-18-21-22;1-2-4-6-5-3-1/h15,17-18,20-21H,2-14,16,19H2,1H3;1-6H. The number of hydrogen-bond donors (Lipinski definition) is 0. The van der Waals surface area contributed by atoms with Crippen molar-refractivity contribution >= 4 is 0 Å². The number of benzene rings is 2. The van der Waals surface area contributed by atoms with Crippen LogP contribution in [0.5, 0.6) is 0 Å². The van der Waals surface area contributed by atoms with Crippen molar-refractivity contribution in [1.82, 2.24) is 0 Å². The van der Waals surface area contributed by atoms with E-state index in [0.29, 0.717) is 0 Å². The van der Waals surface area contributed by atoms with Gasteiger partial charge in [0.15, 0.2) is 0 Å². The van der Waals surface area contributed by atoms with Gasteiger partial charge in [-0.15, -0.1) is 0 Å². The zero-order chi connectivity index (χ0) is 20.0. The van der Waals surface area contributed by atoms with Crippen molar-refractivity contribution in [3.63, 3.8) is 0 Å². The molecule has 156 valence electrons. The lowest BCUT2D eigenvalue weighted by atomic mass is 10.0. The first-order chi connectivity index (χ1) is 13.9. The van der Waals surface area contributed by atoms with Crippen LogP contribution in [0.4, 0.5) is 0 Å². The first-order valence-electron chi connectivity index (χ1n) is 12.0. The molecule has 28 heavy (non-hydrogen) atoms. The van der Waals surface area contributed by atoms with Crippen molar-refractivity contribution < 1.29 is 0 Å². The van der Waals surface area contributed by atoms with E-state index in [2.05, 4.69) is 37.3 Å². The highest BCUT2D eigenvalue weighted by Crippen LogP contribution is 2.13. The van der Waals surface area contributed by atoms with Crippen molar-refractivity contribution in [2.24, 2.45) is 0 Å². The summed E-state index contributed by atoms with van der Waals surface area (Å²) in [4.78, 5) is 0. The summed E-state index contributed by atoms with van der Waals surface area (Å²) < 4.78 is 0. The van der Waals surface area contributed by atoms with Crippen molar-refractivity contribution in [3.05, 3.63) is 72.3 Å². The van der Waals surface area contributed by atoms with E-state index in [1.165, 1.54) is 102 Å². The van der Waals surface area contributed by atoms with Crippen LogP contribution >= 0.6 is 0 Å².